The Morgan fingerprint density at radius 2 is 2.00 bits per heavy atom. The maximum atomic E-state index is 8.72. The van der Waals surface area contributed by atoms with E-state index in [2.05, 4.69) is 26.2 Å². The molecule has 0 spiro atoms. The van der Waals surface area contributed by atoms with Crippen LogP contribution in [0.3, 0.4) is 0 Å². The van der Waals surface area contributed by atoms with Gasteiger partial charge in [-0.3, -0.25) is 4.68 Å². The summed E-state index contributed by atoms with van der Waals surface area (Å²) in [4.78, 5) is 0. The van der Waals surface area contributed by atoms with Crippen LogP contribution in [-0.4, -0.2) is 26.7 Å². The van der Waals surface area contributed by atoms with E-state index in [9.17, 15) is 0 Å². The van der Waals surface area contributed by atoms with Gasteiger partial charge < -0.3 is 5.11 Å². The first-order chi connectivity index (χ1) is 7.79. The molecule has 0 aliphatic rings. The van der Waals surface area contributed by atoms with E-state index in [0.29, 0.717) is 13.0 Å². The molecule has 16 heavy (non-hydrogen) atoms. The van der Waals surface area contributed by atoms with Crippen molar-refractivity contribution in [1.29, 1.82) is 0 Å². The van der Waals surface area contributed by atoms with Crippen LogP contribution in [0.2, 0.25) is 0 Å². The van der Waals surface area contributed by atoms with E-state index >= 15 is 0 Å². The summed E-state index contributed by atoms with van der Waals surface area (Å²) in [6.45, 7) is 0.869. The van der Waals surface area contributed by atoms with E-state index in [1.165, 1.54) is 0 Å². The van der Waals surface area contributed by atoms with Gasteiger partial charge in [0.2, 0.25) is 0 Å². The van der Waals surface area contributed by atoms with Crippen LogP contribution in [0.5, 0.6) is 0 Å². The fourth-order valence-electron chi connectivity index (χ4n) is 1.39. The number of benzene rings is 1. The molecule has 1 heterocycles. The lowest BCUT2D eigenvalue weighted by Crippen LogP contribution is -2.00. The van der Waals surface area contributed by atoms with Crippen LogP contribution in [0.1, 0.15) is 6.42 Å². The molecular weight excluding hydrogens is 270 g/mol. The van der Waals surface area contributed by atoms with Gasteiger partial charge >= 0.3 is 0 Å². The molecule has 0 bridgehead atoms. The highest BCUT2D eigenvalue weighted by molar-refractivity contribution is 9.10. The van der Waals surface area contributed by atoms with E-state index in [1.54, 1.807) is 4.68 Å². The number of halogens is 1. The Labute approximate surface area is 102 Å². The van der Waals surface area contributed by atoms with Crippen molar-refractivity contribution in [3.63, 3.8) is 0 Å². The quantitative estimate of drug-likeness (QED) is 0.934. The number of hydrogen-bond acceptors (Lipinski definition) is 3. The first-order valence-corrected chi connectivity index (χ1v) is 5.86. The molecule has 0 radical (unpaired) electrons. The molecule has 5 heteroatoms. The van der Waals surface area contributed by atoms with Gasteiger partial charge in [0.1, 0.15) is 5.69 Å². The summed E-state index contributed by atoms with van der Waals surface area (Å²) in [5.41, 5.74) is 1.89. The zero-order valence-corrected chi connectivity index (χ0v) is 10.3. The van der Waals surface area contributed by atoms with Crippen molar-refractivity contribution in [2.75, 3.05) is 6.61 Å². The van der Waals surface area contributed by atoms with Crippen molar-refractivity contribution in [3.8, 4) is 11.3 Å². The van der Waals surface area contributed by atoms with Crippen molar-refractivity contribution in [1.82, 2.24) is 15.0 Å². The normalized spacial score (nSPS) is 10.6. The molecule has 1 aromatic heterocycles. The zero-order chi connectivity index (χ0) is 11.4. The molecule has 4 nitrogen and oxygen atoms in total. The average molecular weight is 282 g/mol. The predicted octanol–water partition coefficient (Wildman–Crippen LogP) is 2.09. The summed E-state index contributed by atoms with van der Waals surface area (Å²) < 4.78 is 2.79. The summed E-state index contributed by atoms with van der Waals surface area (Å²) in [7, 11) is 0. The Morgan fingerprint density at radius 1 is 1.25 bits per heavy atom. The Balaban J connectivity index is 2.15. The molecule has 2 aromatic rings. The van der Waals surface area contributed by atoms with Gasteiger partial charge in [0.15, 0.2) is 0 Å². The number of rotatable bonds is 4. The second-order valence-electron chi connectivity index (χ2n) is 3.45. The van der Waals surface area contributed by atoms with Gasteiger partial charge in [-0.1, -0.05) is 33.3 Å². The minimum Gasteiger partial charge on any atom is -0.396 e. The second kappa shape index (κ2) is 5.23. The van der Waals surface area contributed by atoms with E-state index in [4.69, 9.17) is 5.11 Å². The third-order valence-electron chi connectivity index (χ3n) is 2.22. The molecule has 0 aliphatic carbocycles. The van der Waals surface area contributed by atoms with Gasteiger partial charge in [0, 0.05) is 23.2 Å². The molecule has 1 N–H and O–H groups in total. The molecule has 0 unspecified atom stereocenters. The molecule has 0 fully saturated rings. The van der Waals surface area contributed by atoms with Crippen LogP contribution >= 0.6 is 15.9 Å². The van der Waals surface area contributed by atoms with E-state index in [0.717, 1.165) is 15.7 Å². The molecule has 1 aromatic carbocycles. The predicted molar refractivity (Wildman–Crippen MR) is 64.9 cm³/mol. The maximum Gasteiger partial charge on any atom is 0.113 e. The van der Waals surface area contributed by atoms with Crippen molar-refractivity contribution >= 4 is 15.9 Å². The van der Waals surface area contributed by atoms with Gasteiger partial charge in [0.05, 0.1) is 6.20 Å². The summed E-state index contributed by atoms with van der Waals surface area (Å²) in [6.07, 6.45) is 2.59. The number of aromatic nitrogens is 3. The first-order valence-electron chi connectivity index (χ1n) is 5.06. The summed E-state index contributed by atoms with van der Waals surface area (Å²) in [5.74, 6) is 0. The van der Waals surface area contributed by atoms with Gasteiger partial charge in [0.25, 0.3) is 0 Å². The Morgan fingerprint density at radius 3 is 2.69 bits per heavy atom. The number of nitrogens with zero attached hydrogens (tertiary/aromatic N) is 3. The lowest BCUT2D eigenvalue weighted by Gasteiger charge is -1.96. The number of aliphatic hydroxyl groups is 1. The van der Waals surface area contributed by atoms with Gasteiger partial charge in [-0.05, 0) is 18.6 Å². The van der Waals surface area contributed by atoms with E-state index < -0.39 is 0 Å². The number of hydrogen-bond donors (Lipinski definition) is 1. The van der Waals surface area contributed by atoms with Crippen LogP contribution in [0.25, 0.3) is 11.3 Å². The fourth-order valence-corrected chi connectivity index (χ4v) is 1.66. The highest BCUT2D eigenvalue weighted by Crippen LogP contribution is 2.19. The molecule has 0 atom stereocenters. The first kappa shape index (κ1) is 11.3. The second-order valence-corrected chi connectivity index (χ2v) is 4.37. The van der Waals surface area contributed by atoms with E-state index in [1.807, 2.05) is 30.5 Å². The van der Waals surface area contributed by atoms with Gasteiger partial charge in [-0.15, -0.1) is 5.10 Å². The highest BCUT2D eigenvalue weighted by atomic mass is 79.9. The molecular formula is C11H12BrN3O. The lowest BCUT2D eigenvalue weighted by molar-refractivity contribution is 0.276. The van der Waals surface area contributed by atoms with Crippen molar-refractivity contribution in [2.24, 2.45) is 0 Å². The van der Waals surface area contributed by atoms with E-state index in [-0.39, 0.29) is 6.61 Å². The standard InChI is InChI=1S/C11H12BrN3O/c12-10-4-2-9(3-5-10)11-8-15(14-13-11)6-1-7-16/h2-5,8,16H,1,6-7H2. The van der Waals surface area contributed by atoms with Crippen LogP contribution < -0.4 is 0 Å². The van der Waals surface area contributed by atoms with Crippen molar-refractivity contribution < 1.29 is 5.11 Å². The molecule has 84 valence electrons. The monoisotopic (exact) mass is 281 g/mol. The van der Waals surface area contributed by atoms with Crippen LogP contribution in [0.15, 0.2) is 34.9 Å². The molecule has 0 aliphatic heterocycles. The molecule has 0 amide bonds. The SMILES string of the molecule is OCCCn1cc(-c2ccc(Br)cc2)nn1. The topological polar surface area (TPSA) is 50.9 Å². The molecule has 0 saturated carbocycles. The Bertz CT molecular complexity index is 453. The van der Waals surface area contributed by atoms with Crippen LogP contribution in [0, 0.1) is 0 Å². The largest absolute Gasteiger partial charge is 0.396 e. The summed E-state index contributed by atoms with van der Waals surface area (Å²) >= 11 is 3.39. The zero-order valence-electron chi connectivity index (χ0n) is 8.67. The number of aryl methyl sites for hydroxylation is 1. The van der Waals surface area contributed by atoms with Crippen LogP contribution in [-0.2, 0) is 6.54 Å². The van der Waals surface area contributed by atoms with Gasteiger partial charge in [-0.2, -0.15) is 0 Å². The molecule has 2 rings (SSSR count). The van der Waals surface area contributed by atoms with Crippen molar-refractivity contribution in [2.45, 2.75) is 13.0 Å². The maximum absolute atomic E-state index is 8.72. The molecule has 0 saturated heterocycles. The minimum atomic E-state index is 0.174. The Hall–Kier alpha value is -1.20. The number of aliphatic hydroxyl groups excluding tert-OH is 1. The smallest absolute Gasteiger partial charge is 0.113 e. The van der Waals surface area contributed by atoms with Crippen molar-refractivity contribution in [3.05, 3.63) is 34.9 Å². The van der Waals surface area contributed by atoms with Gasteiger partial charge in [-0.25, -0.2) is 0 Å². The summed E-state index contributed by atoms with van der Waals surface area (Å²) in [5, 5.41) is 16.8. The Kier molecular flexibility index (Phi) is 3.69. The minimum absolute atomic E-state index is 0.174. The average Bonchev–Trinajstić information content (AvgIpc) is 2.76. The fraction of sp³-hybridized carbons (Fsp3) is 0.273. The third-order valence-corrected chi connectivity index (χ3v) is 2.75. The van der Waals surface area contributed by atoms with Crippen LogP contribution in [0.4, 0.5) is 0 Å². The highest BCUT2D eigenvalue weighted by Gasteiger charge is 2.03. The lowest BCUT2D eigenvalue weighted by atomic mass is 10.2. The summed E-state index contributed by atoms with van der Waals surface area (Å²) in [6, 6.07) is 7.93. The third kappa shape index (κ3) is 2.68.